The minimum absolute atomic E-state index is 0.0511. The summed E-state index contributed by atoms with van der Waals surface area (Å²) in [4.78, 5) is 11.9. The van der Waals surface area contributed by atoms with E-state index in [1.165, 1.54) is 0 Å². The van der Waals surface area contributed by atoms with Crippen LogP contribution in [0.5, 0.6) is 5.75 Å². The van der Waals surface area contributed by atoms with Crippen LogP contribution in [0.1, 0.15) is 31.7 Å². The van der Waals surface area contributed by atoms with E-state index in [1.54, 1.807) is 7.11 Å². The first-order valence-corrected chi connectivity index (χ1v) is 7.79. The van der Waals surface area contributed by atoms with Crippen molar-refractivity contribution in [2.75, 3.05) is 26.9 Å². The fourth-order valence-electron chi connectivity index (χ4n) is 2.39. The Hall–Kier alpha value is -1.59. The minimum Gasteiger partial charge on any atom is -0.497 e. The largest absolute Gasteiger partial charge is 0.497 e. The van der Waals surface area contributed by atoms with E-state index >= 15 is 0 Å². The number of nitrogens with one attached hydrogen (secondary N) is 1. The molecule has 1 fully saturated rings. The Morgan fingerprint density at radius 3 is 2.59 bits per heavy atom. The van der Waals surface area contributed by atoms with Crippen LogP contribution in [0, 0.1) is 0 Å². The first-order chi connectivity index (χ1) is 10.6. The number of aryl methyl sites for hydroxylation is 1. The van der Waals surface area contributed by atoms with Crippen molar-refractivity contribution in [2.45, 2.75) is 38.4 Å². The molecule has 1 N–H and O–H groups in total. The van der Waals surface area contributed by atoms with Gasteiger partial charge >= 0.3 is 0 Å². The molecule has 1 aromatic rings. The van der Waals surface area contributed by atoms with Gasteiger partial charge in [0.15, 0.2) is 5.79 Å². The van der Waals surface area contributed by atoms with Crippen LogP contribution in [0.4, 0.5) is 0 Å². The zero-order valence-electron chi connectivity index (χ0n) is 13.4. The average molecular weight is 307 g/mol. The van der Waals surface area contributed by atoms with Gasteiger partial charge in [0.2, 0.25) is 5.91 Å². The fraction of sp³-hybridized carbons (Fsp3) is 0.588. The number of hydrogen-bond acceptors (Lipinski definition) is 4. The van der Waals surface area contributed by atoms with Crippen LogP contribution in [0.15, 0.2) is 24.3 Å². The Labute approximate surface area is 131 Å². The summed E-state index contributed by atoms with van der Waals surface area (Å²) in [6.45, 7) is 3.94. The minimum atomic E-state index is -0.554. The lowest BCUT2D eigenvalue weighted by Gasteiger charge is -2.33. The SMILES string of the molecule is COc1ccc(CCC(=O)NCCC2(C)OCCCO2)cc1. The third kappa shape index (κ3) is 5.31. The van der Waals surface area contributed by atoms with Crippen molar-refractivity contribution >= 4 is 5.91 Å². The van der Waals surface area contributed by atoms with Gasteiger partial charge in [0, 0.05) is 19.4 Å². The lowest BCUT2D eigenvalue weighted by Crippen LogP contribution is -2.41. The Kier molecular flexibility index (Phi) is 6.21. The predicted octanol–water partition coefficient (Wildman–Crippen LogP) is 2.29. The summed E-state index contributed by atoms with van der Waals surface area (Å²) in [6.07, 6.45) is 2.80. The van der Waals surface area contributed by atoms with Crippen LogP contribution in [0.3, 0.4) is 0 Å². The number of ether oxygens (including phenoxy) is 3. The second-order valence-electron chi connectivity index (χ2n) is 5.63. The van der Waals surface area contributed by atoms with Gasteiger partial charge in [-0.15, -0.1) is 0 Å². The zero-order valence-corrected chi connectivity index (χ0v) is 13.4. The van der Waals surface area contributed by atoms with Gasteiger partial charge in [0.05, 0.1) is 20.3 Å². The third-order valence-corrected chi connectivity index (χ3v) is 3.80. The van der Waals surface area contributed by atoms with Crippen molar-refractivity contribution in [2.24, 2.45) is 0 Å². The summed E-state index contributed by atoms with van der Waals surface area (Å²) in [6, 6.07) is 7.78. The zero-order chi connectivity index (χ0) is 15.8. The number of carbonyl (C=O) groups is 1. The molecule has 1 heterocycles. The van der Waals surface area contributed by atoms with Gasteiger partial charge in [0.25, 0.3) is 0 Å². The molecule has 1 aliphatic rings. The van der Waals surface area contributed by atoms with E-state index in [0.29, 0.717) is 19.4 Å². The highest BCUT2D eigenvalue weighted by molar-refractivity contribution is 5.76. The number of rotatable bonds is 7. The van der Waals surface area contributed by atoms with Gasteiger partial charge < -0.3 is 19.5 Å². The Morgan fingerprint density at radius 2 is 1.95 bits per heavy atom. The molecule has 122 valence electrons. The molecule has 0 radical (unpaired) electrons. The maximum atomic E-state index is 11.9. The smallest absolute Gasteiger partial charge is 0.220 e. The fourth-order valence-corrected chi connectivity index (χ4v) is 2.39. The topological polar surface area (TPSA) is 56.8 Å². The summed E-state index contributed by atoms with van der Waals surface area (Å²) < 4.78 is 16.3. The summed E-state index contributed by atoms with van der Waals surface area (Å²) >= 11 is 0. The van der Waals surface area contributed by atoms with E-state index in [1.807, 2.05) is 31.2 Å². The van der Waals surface area contributed by atoms with Crippen LogP contribution >= 0.6 is 0 Å². The number of carbonyl (C=O) groups excluding carboxylic acids is 1. The van der Waals surface area contributed by atoms with Gasteiger partial charge in [-0.1, -0.05) is 12.1 Å². The van der Waals surface area contributed by atoms with Crippen LogP contribution in [0.2, 0.25) is 0 Å². The number of benzene rings is 1. The van der Waals surface area contributed by atoms with Crippen molar-refractivity contribution in [3.05, 3.63) is 29.8 Å². The average Bonchev–Trinajstić information content (AvgIpc) is 2.54. The van der Waals surface area contributed by atoms with Gasteiger partial charge in [-0.2, -0.15) is 0 Å². The molecule has 0 aliphatic carbocycles. The number of methoxy groups -OCH3 is 1. The Balaban J connectivity index is 1.65. The molecule has 0 aromatic heterocycles. The Morgan fingerprint density at radius 1 is 1.27 bits per heavy atom. The number of hydrogen-bond donors (Lipinski definition) is 1. The van der Waals surface area contributed by atoms with Gasteiger partial charge in [-0.25, -0.2) is 0 Å². The van der Waals surface area contributed by atoms with Crippen molar-refractivity contribution < 1.29 is 19.0 Å². The maximum Gasteiger partial charge on any atom is 0.220 e. The normalized spacial score (nSPS) is 17.0. The molecule has 1 saturated heterocycles. The number of amides is 1. The summed E-state index contributed by atoms with van der Waals surface area (Å²) in [5.41, 5.74) is 1.13. The maximum absolute atomic E-state index is 11.9. The van der Waals surface area contributed by atoms with E-state index in [-0.39, 0.29) is 5.91 Å². The highest BCUT2D eigenvalue weighted by atomic mass is 16.7. The van der Waals surface area contributed by atoms with Crippen molar-refractivity contribution in [1.82, 2.24) is 5.32 Å². The molecular formula is C17H25NO4. The molecule has 0 saturated carbocycles. The first-order valence-electron chi connectivity index (χ1n) is 7.79. The van der Waals surface area contributed by atoms with Crippen LogP contribution in [-0.2, 0) is 20.7 Å². The molecule has 2 rings (SSSR count). The van der Waals surface area contributed by atoms with Gasteiger partial charge in [-0.3, -0.25) is 4.79 Å². The van der Waals surface area contributed by atoms with E-state index in [2.05, 4.69) is 5.32 Å². The molecule has 0 spiro atoms. The summed E-state index contributed by atoms with van der Waals surface area (Å²) in [7, 11) is 1.64. The van der Waals surface area contributed by atoms with E-state index in [4.69, 9.17) is 14.2 Å². The van der Waals surface area contributed by atoms with E-state index in [0.717, 1.165) is 37.4 Å². The van der Waals surface area contributed by atoms with Gasteiger partial charge in [0.1, 0.15) is 5.75 Å². The van der Waals surface area contributed by atoms with E-state index in [9.17, 15) is 4.79 Å². The lowest BCUT2D eigenvalue weighted by molar-refractivity contribution is -0.257. The quantitative estimate of drug-likeness (QED) is 0.839. The van der Waals surface area contributed by atoms with Crippen molar-refractivity contribution in [3.8, 4) is 5.75 Å². The molecule has 5 heteroatoms. The molecular weight excluding hydrogens is 282 g/mol. The molecule has 5 nitrogen and oxygen atoms in total. The highest BCUT2D eigenvalue weighted by Crippen LogP contribution is 2.21. The summed E-state index contributed by atoms with van der Waals surface area (Å²) in [5.74, 6) is 0.325. The van der Waals surface area contributed by atoms with Crippen molar-refractivity contribution in [1.29, 1.82) is 0 Å². The predicted molar refractivity (Wildman–Crippen MR) is 83.9 cm³/mol. The van der Waals surface area contributed by atoms with Crippen LogP contribution in [-0.4, -0.2) is 38.6 Å². The third-order valence-electron chi connectivity index (χ3n) is 3.80. The summed E-state index contributed by atoms with van der Waals surface area (Å²) in [5, 5.41) is 2.92. The Bertz CT molecular complexity index is 466. The molecule has 0 atom stereocenters. The standard InChI is InChI=1S/C17H25NO4/c1-17(21-12-3-13-22-17)10-11-18-16(19)9-6-14-4-7-15(20-2)8-5-14/h4-5,7-8H,3,6,9-13H2,1-2H3,(H,18,19). The van der Waals surface area contributed by atoms with Crippen LogP contribution in [0.25, 0.3) is 0 Å². The molecule has 0 unspecified atom stereocenters. The van der Waals surface area contributed by atoms with Crippen molar-refractivity contribution in [3.63, 3.8) is 0 Å². The second kappa shape index (κ2) is 8.15. The first kappa shape index (κ1) is 16.8. The lowest BCUT2D eigenvalue weighted by atomic mass is 10.1. The second-order valence-corrected chi connectivity index (χ2v) is 5.63. The van der Waals surface area contributed by atoms with Gasteiger partial charge in [-0.05, 0) is 37.5 Å². The highest BCUT2D eigenvalue weighted by Gasteiger charge is 2.28. The monoisotopic (exact) mass is 307 g/mol. The molecule has 1 aromatic carbocycles. The van der Waals surface area contributed by atoms with E-state index < -0.39 is 5.79 Å². The molecule has 1 amide bonds. The molecule has 22 heavy (non-hydrogen) atoms. The van der Waals surface area contributed by atoms with Crippen LogP contribution < -0.4 is 10.1 Å². The molecule has 1 aliphatic heterocycles. The molecule has 0 bridgehead atoms.